The third kappa shape index (κ3) is 3.13. The lowest BCUT2D eigenvalue weighted by molar-refractivity contribution is -0.126. The topological polar surface area (TPSA) is 53.2 Å². The number of hydrogen-bond donors (Lipinski definition) is 1. The number of carbonyl (C=O) groups excluding carboxylic acids is 2. The van der Waals surface area contributed by atoms with Crippen LogP contribution in [0.25, 0.3) is 0 Å². The van der Waals surface area contributed by atoms with Gasteiger partial charge >= 0.3 is 0 Å². The zero-order valence-electron chi connectivity index (χ0n) is 12.0. The third-order valence-electron chi connectivity index (χ3n) is 3.92. The van der Waals surface area contributed by atoms with Crippen LogP contribution in [0.2, 0.25) is 0 Å². The molecule has 0 amide bonds. The summed E-state index contributed by atoms with van der Waals surface area (Å²) >= 11 is 0. The number of nitrogens with zero attached hydrogens (tertiary/aromatic N) is 1. The van der Waals surface area contributed by atoms with Gasteiger partial charge in [-0.05, 0) is 26.3 Å². The second-order valence-electron chi connectivity index (χ2n) is 5.47. The van der Waals surface area contributed by atoms with Gasteiger partial charge < -0.3 is 4.98 Å². The highest BCUT2D eigenvalue weighted by Gasteiger charge is 2.27. The van der Waals surface area contributed by atoms with Gasteiger partial charge in [0.2, 0.25) is 0 Å². The first kappa shape index (κ1) is 14.0. The van der Waals surface area contributed by atoms with Gasteiger partial charge in [0.25, 0.3) is 0 Å². The first-order valence-corrected chi connectivity index (χ1v) is 6.95. The molecule has 1 unspecified atom stereocenters. The standard InChI is InChI=1S/C15H22N2O2/c1-4-12-8-17(6-5-14(12)18)9-15(19)13-7-10(2)16-11(13)3/h7,12,16H,4-6,8-9H2,1-3H3. The second kappa shape index (κ2) is 5.70. The van der Waals surface area contributed by atoms with Gasteiger partial charge in [-0.1, -0.05) is 6.92 Å². The first-order valence-electron chi connectivity index (χ1n) is 6.95. The van der Waals surface area contributed by atoms with Crippen molar-refractivity contribution in [2.24, 2.45) is 5.92 Å². The predicted molar refractivity (Wildman–Crippen MR) is 74.4 cm³/mol. The van der Waals surface area contributed by atoms with Crippen LogP contribution in [0, 0.1) is 19.8 Å². The fourth-order valence-electron chi connectivity index (χ4n) is 2.78. The van der Waals surface area contributed by atoms with Crippen molar-refractivity contribution in [3.8, 4) is 0 Å². The Morgan fingerprint density at radius 3 is 2.79 bits per heavy atom. The molecule has 1 N–H and O–H groups in total. The maximum Gasteiger partial charge on any atom is 0.178 e. The fraction of sp³-hybridized carbons (Fsp3) is 0.600. The van der Waals surface area contributed by atoms with Gasteiger partial charge in [-0.25, -0.2) is 0 Å². The molecule has 0 aliphatic carbocycles. The van der Waals surface area contributed by atoms with E-state index < -0.39 is 0 Å². The molecular weight excluding hydrogens is 240 g/mol. The molecule has 1 atom stereocenters. The lowest BCUT2D eigenvalue weighted by atomic mass is 9.94. The fourth-order valence-corrected chi connectivity index (χ4v) is 2.78. The van der Waals surface area contributed by atoms with E-state index in [1.165, 1.54) is 0 Å². The highest BCUT2D eigenvalue weighted by Crippen LogP contribution is 2.17. The minimum atomic E-state index is 0.107. The van der Waals surface area contributed by atoms with Gasteiger partial charge in [0, 0.05) is 42.4 Å². The Kier molecular flexibility index (Phi) is 4.20. The van der Waals surface area contributed by atoms with E-state index >= 15 is 0 Å². The van der Waals surface area contributed by atoms with Crippen LogP contribution in [0.15, 0.2) is 6.07 Å². The van der Waals surface area contributed by atoms with Crippen molar-refractivity contribution < 1.29 is 9.59 Å². The quantitative estimate of drug-likeness (QED) is 0.846. The summed E-state index contributed by atoms with van der Waals surface area (Å²) in [6, 6.07) is 1.91. The van der Waals surface area contributed by atoms with Crippen LogP contribution in [-0.4, -0.2) is 41.1 Å². The number of Topliss-reactive ketones (excluding diaryl/α,β-unsaturated/α-hetero) is 2. The van der Waals surface area contributed by atoms with E-state index in [1.807, 2.05) is 26.8 Å². The summed E-state index contributed by atoms with van der Waals surface area (Å²) in [7, 11) is 0. The number of hydrogen-bond acceptors (Lipinski definition) is 3. The molecule has 0 radical (unpaired) electrons. The molecule has 1 fully saturated rings. The number of carbonyl (C=O) groups is 2. The number of aromatic nitrogens is 1. The summed E-state index contributed by atoms with van der Waals surface area (Å²) < 4.78 is 0. The van der Waals surface area contributed by atoms with Crippen molar-refractivity contribution >= 4 is 11.6 Å². The van der Waals surface area contributed by atoms with E-state index in [2.05, 4.69) is 9.88 Å². The molecule has 0 saturated carbocycles. The zero-order chi connectivity index (χ0) is 14.0. The van der Waals surface area contributed by atoms with E-state index in [1.54, 1.807) is 0 Å². The van der Waals surface area contributed by atoms with Gasteiger partial charge in [-0.2, -0.15) is 0 Å². The molecule has 19 heavy (non-hydrogen) atoms. The molecule has 4 nitrogen and oxygen atoms in total. The summed E-state index contributed by atoms with van der Waals surface area (Å²) in [6.07, 6.45) is 1.45. The van der Waals surface area contributed by atoms with Crippen LogP contribution in [-0.2, 0) is 4.79 Å². The van der Waals surface area contributed by atoms with Crippen molar-refractivity contribution in [2.45, 2.75) is 33.6 Å². The molecule has 1 aliphatic heterocycles. The highest BCUT2D eigenvalue weighted by molar-refractivity contribution is 5.99. The molecule has 1 aromatic heterocycles. The largest absolute Gasteiger partial charge is 0.362 e. The van der Waals surface area contributed by atoms with Crippen molar-refractivity contribution in [3.05, 3.63) is 23.0 Å². The minimum Gasteiger partial charge on any atom is -0.362 e. The third-order valence-corrected chi connectivity index (χ3v) is 3.92. The normalized spacial score (nSPS) is 20.8. The van der Waals surface area contributed by atoms with Gasteiger partial charge in [0.05, 0.1) is 6.54 Å². The summed E-state index contributed by atoms with van der Waals surface area (Å²) in [5, 5.41) is 0. The van der Waals surface area contributed by atoms with Crippen molar-refractivity contribution in [1.82, 2.24) is 9.88 Å². The molecule has 4 heteroatoms. The van der Waals surface area contributed by atoms with Crippen LogP contribution in [0.5, 0.6) is 0 Å². The van der Waals surface area contributed by atoms with Crippen molar-refractivity contribution in [2.75, 3.05) is 19.6 Å². The van der Waals surface area contributed by atoms with Crippen molar-refractivity contribution in [1.29, 1.82) is 0 Å². The lowest BCUT2D eigenvalue weighted by Crippen LogP contribution is -2.43. The average molecular weight is 262 g/mol. The molecule has 1 aromatic rings. The van der Waals surface area contributed by atoms with E-state index in [9.17, 15) is 9.59 Å². The van der Waals surface area contributed by atoms with Gasteiger partial charge in [-0.15, -0.1) is 0 Å². The van der Waals surface area contributed by atoms with Gasteiger partial charge in [0.15, 0.2) is 5.78 Å². The Labute approximate surface area is 114 Å². The van der Waals surface area contributed by atoms with Crippen LogP contribution in [0.3, 0.4) is 0 Å². The molecule has 2 heterocycles. The second-order valence-corrected chi connectivity index (χ2v) is 5.47. The molecule has 2 rings (SSSR count). The Morgan fingerprint density at radius 1 is 1.47 bits per heavy atom. The Balaban J connectivity index is 2.00. The number of nitrogens with one attached hydrogen (secondary N) is 1. The Morgan fingerprint density at radius 2 is 2.21 bits per heavy atom. The molecule has 0 spiro atoms. The first-order chi connectivity index (χ1) is 9.01. The van der Waals surface area contributed by atoms with E-state index in [0.29, 0.717) is 25.3 Å². The molecular formula is C15H22N2O2. The number of rotatable bonds is 4. The van der Waals surface area contributed by atoms with Gasteiger partial charge in [-0.3, -0.25) is 14.5 Å². The zero-order valence-corrected chi connectivity index (χ0v) is 12.0. The summed E-state index contributed by atoms with van der Waals surface area (Å²) in [5.41, 5.74) is 2.73. The lowest BCUT2D eigenvalue weighted by Gasteiger charge is -2.30. The Hall–Kier alpha value is -1.42. The van der Waals surface area contributed by atoms with E-state index in [0.717, 1.165) is 29.9 Å². The summed E-state index contributed by atoms with van der Waals surface area (Å²) in [5.74, 6) is 0.599. The highest BCUT2D eigenvalue weighted by atomic mass is 16.1. The summed E-state index contributed by atoms with van der Waals surface area (Å²) in [6.45, 7) is 7.77. The molecule has 1 saturated heterocycles. The number of piperidine rings is 1. The predicted octanol–water partition coefficient (Wildman–Crippen LogP) is 2.12. The average Bonchev–Trinajstić information content (AvgIpc) is 2.71. The number of aryl methyl sites for hydroxylation is 2. The summed E-state index contributed by atoms with van der Waals surface area (Å²) in [4.78, 5) is 29.2. The maximum absolute atomic E-state index is 12.3. The minimum absolute atomic E-state index is 0.107. The van der Waals surface area contributed by atoms with E-state index in [-0.39, 0.29) is 11.7 Å². The molecule has 0 bridgehead atoms. The molecule has 0 aromatic carbocycles. The smallest absolute Gasteiger partial charge is 0.178 e. The van der Waals surface area contributed by atoms with Crippen molar-refractivity contribution in [3.63, 3.8) is 0 Å². The number of H-pyrrole nitrogens is 1. The SMILES string of the molecule is CCC1CN(CC(=O)c2cc(C)[nH]c2C)CCC1=O. The maximum atomic E-state index is 12.3. The number of aromatic amines is 1. The number of ketones is 2. The molecule has 104 valence electrons. The Bertz CT molecular complexity index is 490. The molecule has 1 aliphatic rings. The van der Waals surface area contributed by atoms with Gasteiger partial charge in [0.1, 0.15) is 5.78 Å². The number of likely N-dealkylation sites (tertiary alicyclic amines) is 1. The van der Waals surface area contributed by atoms with Crippen LogP contribution in [0.4, 0.5) is 0 Å². The van der Waals surface area contributed by atoms with Crippen LogP contribution >= 0.6 is 0 Å². The monoisotopic (exact) mass is 262 g/mol. The van der Waals surface area contributed by atoms with E-state index in [4.69, 9.17) is 0 Å². The van der Waals surface area contributed by atoms with Crippen LogP contribution in [0.1, 0.15) is 41.5 Å². The van der Waals surface area contributed by atoms with Crippen LogP contribution < -0.4 is 0 Å².